The topological polar surface area (TPSA) is 72.2 Å². The van der Waals surface area contributed by atoms with E-state index in [1.165, 1.54) is 6.54 Å². The molecule has 0 atom stereocenters. The first-order valence-electron chi connectivity index (χ1n) is 4.62. The van der Waals surface area contributed by atoms with Crippen molar-refractivity contribution >= 4 is 11.7 Å². The standard InChI is InChI=1S/C11H13N2O2/c12-11(15)6-7-13-8-10(14)9-4-2-1-3-5-9/h1-5,7,13H,6,8H2,(H2,12,15). The fourth-order valence-electron chi connectivity index (χ4n) is 1.06. The lowest BCUT2D eigenvalue weighted by Gasteiger charge is -2.01. The molecule has 4 heteroatoms. The van der Waals surface area contributed by atoms with Gasteiger partial charge in [-0.05, 0) is 0 Å². The summed E-state index contributed by atoms with van der Waals surface area (Å²) in [5, 5.41) is 2.74. The lowest BCUT2D eigenvalue weighted by molar-refractivity contribution is -0.117. The third kappa shape index (κ3) is 4.37. The number of amides is 1. The van der Waals surface area contributed by atoms with Crippen molar-refractivity contribution in [3.63, 3.8) is 0 Å². The number of Topliss-reactive ketones (excluding diaryl/α,β-unsaturated/α-hetero) is 1. The summed E-state index contributed by atoms with van der Waals surface area (Å²) in [5.41, 5.74) is 5.58. The van der Waals surface area contributed by atoms with Gasteiger partial charge in [0, 0.05) is 18.5 Å². The van der Waals surface area contributed by atoms with Crippen LogP contribution in [0.4, 0.5) is 0 Å². The van der Waals surface area contributed by atoms with Crippen LogP contribution in [0.15, 0.2) is 30.3 Å². The summed E-state index contributed by atoms with van der Waals surface area (Å²) in [6.07, 6.45) is 0.127. The maximum absolute atomic E-state index is 11.5. The highest BCUT2D eigenvalue weighted by molar-refractivity contribution is 5.97. The molecule has 0 aliphatic carbocycles. The zero-order valence-corrected chi connectivity index (χ0v) is 8.27. The van der Waals surface area contributed by atoms with E-state index in [9.17, 15) is 9.59 Å². The number of rotatable bonds is 6. The highest BCUT2D eigenvalue weighted by atomic mass is 16.1. The van der Waals surface area contributed by atoms with Crippen LogP contribution in [0.25, 0.3) is 0 Å². The SMILES string of the molecule is NC(=O)C[CH]NCC(=O)c1ccccc1. The molecule has 0 aliphatic rings. The predicted octanol–water partition coefficient (Wildman–Crippen LogP) is 0.496. The Kier molecular flexibility index (Phi) is 4.50. The fraction of sp³-hybridized carbons (Fsp3) is 0.182. The maximum Gasteiger partial charge on any atom is 0.219 e. The van der Waals surface area contributed by atoms with Crippen LogP contribution in [0, 0.1) is 6.54 Å². The van der Waals surface area contributed by atoms with Gasteiger partial charge < -0.3 is 11.1 Å². The minimum atomic E-state index is -0.422. The van der Waals surface area contributed by atoms with Gasteiger partial charge in [0.1, 0.15) is 0 Å². The molecule has 0 heterocycles. The molecule has 0 aromatic heterocycles. The maximum atomic E-state index is 11.5. The third-order valence-electron chi connectivity index (χ3n) is 1.81. The van der Waals surface area contributed by atoms with Gasteiger partial charge in [-0.2, -0.15) is 0 Å². The molecule has 0 spiro atoms. The Hall–Kier alpha value is -1.68. The third-order valence-corrected chi connectivity index (χ3v) is 1.81. The van der Waals surface area contributed by atoms with Crippen LogP contribution in [0.3, 0.4) is 0 Å². The average Bonchev–Trinajstić information content (AvgIpc) is 2.25. The van der Waals surface area contributed by atoms with Crippen LogP contribution in [-0.4, -0.2) is 18.2 Å². The Morgan fingerprint density at radius 3 is 2.53 bits per heavy atom. The number of hydrogen-bond acceptors (Lipinski definition) is 3. The summed E-state index contributed by atoms with van der Waals surface area (Å²) in [7, 11) is 0. The van der Waals surface area contributed by atoms with E-state index in [-0.39, 0.29) is 18.7 Å². The molecular formula is C11H13N2O2. The van der Waals surface area contributed by atoms with Gasteiger partial charge in [0.05, 0.1) is 6.54 Å². The lowest BCUT2D eigenvalue weighted by Crippen LogP contribution is -2.23. The molecule has 79 valence electrons. The molecule has 0 saturated carbocycles. The van der Waals surface area contributed by atoms with Crippen LogP contribution in [0.5, 0.6) is 0 Å². The first-order valence-corrected chi connectivity index (χ1v) is 4.62. The van der Waals surface area contributed by atoms with Gasteiger partial charge in [0.15, 0.2) is 5.78 Å². The molecular weight excluding hydrogens is 192 g/mol. The van der Waals surface area contributed by atoms with Gasteiger partial charge in [0.25, 0.3) is 0 Å². The molecule has 1 aromatic carbocycles. The molecule has 3 N–H and O–H groups in total. The van der Waals surface area contributed by atoms with E-state index in [0.29, 0.717) is 5.56 Å². The van der Waals surface area contributed by atoms with E-state index in [1.807, 2.05) is 6.07 Å². The summed E-state index contributed by atoms with van der Waals surface area (Å²) >= 11 is 0. The minimum Gasteiger partial charge on any atom is -0.370 e. The van der Waals surface area contributed by atoms with Crippen molar-refractivity contribution in [1.29, 1.82) is 0 Å². The zero-order valence-electron chi connectivity index (χ0n) is 8.27. The molecule has 1 aromatic rings. The number of carbonyl (C=O) groups is 2. The first-order chi connectivity index (χ1) is 7.20. The molecule has 15 heavy (non-hydrogen) atoms. The van der Waals surface area contributed by atoms with Crippen molar-refractivity contribution in [2.24, 2.45) is 5.73 Å². The lowest BCUT2D eigenvalue weighted by atomic mass is 10.1. The van der Waals surface area contributed by atoms with Crippen molar-refractivity contribution in [3.05, 3.63) is 42.4 Å². The van der Waals surface area contributed by atoms with Gasteiger partial charge in [-0.15, -0.1) is 0 Å². The molecule has 0 aliphatic heterocycles. The Labute approximate surface area is 88.5 Å². The number of benzene rings is 1. The second-order valence-corrected chi connectivity index (χ2v) is 3.04. The van der Waals surface area contributed by atoms with Gasteiger partial charge in [0.2, 0.25) is 5.91 Å². The van der Waals surface area contributed by atoms with Crippen molar-refractivity contribution in [1.82, 2.24) is 5.32 Å². The molecule has 0 saturated heterocycles. The number of nitrogens with two attached hydrogens (primary N) is 1. The van der Waals surface area contributed by atoms with Crippen LogP contribution in [0.2, 0.25) is 0 Å². The monoisotopic (exact) mass is 205 g/mol. The molecule has 0 bridgehead atoms. The van der Waals surface area contributed by atoms with Crippen LogP contribution < -0.4 is 11.1 Å². The normalized spacial score (nSPS) is 9.87. The van der Waals surface area contributed by atoms with E-state index in [2.05, 4.69) is 5.32 Å². The highest BCUT2D eigenvalue weighted by Crippen LogP contribution is 1.98. The van der Waals surface area contributed by atoms with E-state index >= 15 is 0 Å². The number of primary amides is 1. The summed E-state index contributed by atoms with van der Waals surface area (Å²) in [5.74, 6) is -0.439. The summed E-state index contributed by atoms with van der Waals surface area (Å²) in [6.45, 7) is 1.67. The van der Waals surface area contributed by atoms with E-state index in [0.717, 1.165) is 0 Å². The van der Waals surface area contributed by atoms with E-state index in [1.54, 1.807) is 24.3 Å². The first kappa shape index (κ1) is 11.4. The molecule has 1 amide bonds. The Morgan fingerprint density at radius 2 is 1.93 bits per heavy atom. The van der Waals surface area contributed by atoms with Crippen LogP contribution >= 0.6 is 0 Å². The quantitative estimate of drug-likeness (QED) is 0.524. The highest BCUT2D eigenvalue weighted by Gasteiger charge is 2.03. The fourth-order valence-corrected chi connectivity index (χ4v) is 1.06. The zero-order chi connectivity index (χ0) is 11.1. The second-order valence-electron chi connectivity index (χ2n) is 3.04. The summed E-state index contributed by atoms with van der Waals surface area (Å²) in [4.78, 5) is 21.9. The van der Waals surface area contributed by atoms with E-state index in [4.69, 9.17) is 5.73 Å². The Morgan fingerprint density at radius 1 is 1.27 bits per heavy atom. The molecule has 0 fully saturated rings. The van der Waals surface area contributed by atoms with Crippen molar-refractivity contribution in [3.8, 4) is 0 Å². The molecule has 0 unspecified atom stereocenters. The molecule has 1 rings (SSSR count). The van der Waals surface area contributed by atoms with Crippen molar-refractivity contribution in [2.75, 3.05) is 6.54 Å². The Bertz CT molecular complexity index is 336. The number of hydrogen-bond donors (Lipinski definition) is 2. The summed E-state index contributed by atoms with van der Waals surface area (Å²) in [6, 6.07) is 8.96. The second kappa shape index (κ2) is 5.93. The number of ketones is 1. The van der Waals surface area contributed by atoms with Crippen molar-refractivity contribution < 1.29 is 9.59 Å². The van der Waals surface area contributed by atoms with Gasteiger partial charge in [-0.25, -0.2) is 0 Å². The predicted molar refractivity (Wildman–Crippen MR) is 56.9 cm³/mol. The summed E-state index contributed by atoms with van der Waals surface area (Å²) < 4.78 is 0. The van der Waals surface area contributed by atoms with Crippen LogP contribution in [0.1, 0.15) is 16.8 Å². The smallest absolute Gasteiger partial charge is 0.219 e. The molecule has 4 nitrogen and oxygen atoms in total. The van der Waals surface area contributed by atoms with Gasteiger partial charge in [-0.3, -0.25) is 9.59 Å². The largest absolute Gasteiger partial charge is 0.370 e. The van der Waals surface area contributed by atoms with Gasteiger partial charge >= 0.3 is 0 Å². The van der Waals surface area contributed by atoms with E-state index < -0.39 is 5.91 Å². The van der Waals surface area contributed by atoms with Crippen molar-refractivity contribution in [2.45, 2.75) is 6.42 Å². The number of carbonyl (C=O) groups excluding carboxylic acids is 2. The van der Waals surface area contributed by atoms with Gasteiger partial charge in [-0.1, -0.05) is 30.3 Å². The number of nitrogens with one attached hydrogen (secondary N) is 1. The average molecular weight is 205 g/mol. The Balaban J connectivity index is 2.28. The van der Waals surface area contributed by atoms with Crippen LogP contribution in [-0.2, 0) is 4.79 Å². The minimum absolute atomic E-state index is 0.0173. The molecule has 1 radical (unpaired) electrons.